The maximum absolute atomic E-state index is 13.7. The summed E-state index contributed by atoms with van der Waals surface area (Å²) < 4.78 is 0. The van der Waals surface area contributed by atoms with Crippen LogP contribution in [-0.2, 0) is 10.2 Å². The quantitative estimate of drug-likeness (QED) is 0.216. The summed E-state index contributed by atoms with van der Waals surface area (Å²) in [5.41, 5.74) is 1.36. The van der Waals surface area contributed by atoms with Gasteiger partial charge in [0, 0.05) is 10.9 Å². The number of carboxylic acid groups (broad SMARTS) is 1. The molecule has 0 aliphatic carbocycles. The number of benzene rings is 7. The molecule has 1 atom stereocenters. The van der Waals surface area contributed by atoms with Gasteiger partial charge in [-0.15, -0.1) is 0 Å². The molecular formula is C38H27ClO2. The van der Waals surface area contributed by atoms with E-state index in [1.165, 1.54) is 0 Å². The first-order chi connectivity index (χ1) is 20.0. The number of fused-ring (bicyclic) bond motifs is 6. The van der Waals surface area contributed by atoms with Crippen molar-refractivity contribution in [2.45, 2.75) is 18.3 Å². The fraction of sp³-hybridized carbons (Fsp3) is 0.0789. The first kappa shape index (κ1) is 25.3. The zero-order valence-electron chi connectivity index (χ0n) is 22.5. The molecule has 0 heterocycles. The second-order valence-electron chi connectivity index (χ2n) is 10.9. The van der Waals surface area contributed by atoms with E-state index in [4.69, 9.17) is 11.6 Å². The normalized spacial score (nSPS) is 13.2. The highest BCUT2D eigenvalue weighted by Gasteiger charge is 2.46. The van der Waals surface area contributed by atoms with Crippen LogP contribution < -0.4 is 0 Å². The summed E-state index contributed by atoms with van der Waals surface area (Å²) in [4.78, 5) is 13.7. The average Bonchev–Trinajstić information content (AvgIpc) is 3.01. The van der Waals surface area contributed by atoms with E-state index in [1.807, 2.05) is 43.3 Å². The van der Waals surface area contributed by atoms with Crippen LogP contribution in [0.4, 0.5) is 0 Å². The van der Waals surface area contributed by atoms with Gasteiger partial charge < -0.3 is 5.11 Å². The van der Waals surface area contributed by atoms with Gasteiger partial charge in [-0.25, -0.2) is 0 Å². The van der Waals surface area contributed by atoms with Crippen LogP contribution in [0.1, 0.15) is 29.5 Å². The molecule has 2 nitrogen and oxygen atoms in total. The molecule has 0 aliphatic heterocycles. The molecule has 0 fully saturated rings. The minimum Gasteiger partial charge on any atom is -0.481 e. The third kappa shape index (κ3) is 3.98. The number of halogens is 1. The smallest absolute Gasteiger partial charge is 0.314 e. The summed E-state index contributed by atoms with van der Waals surface area (Å²) in [6.45, 7) is 1.86. The van der Waals surface area contributed by atoms with Crippen molar-refractivity contribution < 1.29 is 9.90 Å². The molecule has 0 saturated heterocycles. The van der Waals surface area contributed by atoms with E-state index in [0.717, 1.165) is 54.2 Å². The largest absolute Gasteiger partial charge is 0.481 e. The molecule has 41 heavy (non-hydrogen) atoms. The van der Waals surface area contributed by atoms with Crippen LogP contribution in [0.5, 0.6) is 0 Å². The topological polar surface area (TPSA) is 37.3 Å². The molecule has 0 spiro atoms. The van der Waals surface area contributed by atoms with Crippen molar-refractivity contribution in [2.24, 2.45) is 0 Å². The van der Waals surface area contributed by atoms with Gasteiger partial charge in [0.15, 0.2) is 0 Å². The molecule has 0 amide bonds. The Morgan fingerprint density at radius 3 is 1.41 bits per heavy atom. The van der Waals surface area contributed by atoms with E-state index in [2.05, 4.69) is 84.9 Å². The van der Waals surface area contributed by atoms with Crippen molar-refractivity contribution >= 4 is 60.7 Å². The average molecular weight is 551 g/mol. The lowest BCUT2D eigenvalue weighted by Gasteiger charge is -2.37. The van der Waals surface area contributed by atoms with Gasteiger partial charge in [-0.05, 0) is 91.0 Å². The number of hydrogen-bond acceptors (Lipinski definition) is 1. The SMILES string of the molecule is C[C@](C(=O)O)(c1ccc(Cl)cc1)C(c1cc2ccccc2c2ccccc12)c1cc2ccccc2c2ccccc12. The van der Waals surface area contributed by atoms with Crippen molar-refractivity contribution in [1.82, 2.24) is 0 Å². The summed E-state index contributed by atoms with van der Waals surface area (Å²) in [6.07, 6.45) is 0. The number of rotatable bonds is 5. The Labute approximate surface area is 243 Å². The number of aliphatic carboxylic acids is 1. The van der Waals surface area contributed by atoms with Gasteiger partial charge in [0.2, 0.25) is 0 Å². The number of carboxylic acids is 1. The van der Waals surface area contributed by atoms with E-state index in [1.54, 1.807) is 12.1 Å². The fourth-order valence-corrected chi connectivity index (χ4v) is 6.77. The third-order valence-corrected chi connectivity index (χ3v) is 8.94. The van der Waals surface area contributed by atoms with E-state index >= 15 is 0 Å². The van der Waals surface area contributed by atoms with Gasteiger partial charge >= 0.3 is 5.97 Å². The van der Waals surface area contributed by atoms with Crippen molar-refractivity contribution in [3.05, 3.63) is 155 Å². The van der Waals surface area contributed by atoms with E-state index < -0.39 is 17.3 Å². The fourth-order valence-electron chi connectivity index (χ4n) is 6.64. The summed E-state index contributed by atoms with van der Waals surface area (Å²) >= 11 is 6.29. The van der Waals surface area contributed by atoms with Gasteiger partial charge in [-0.3, -0.25) is 4.79 Å². The van der Waals surface area contributed by atoms with Crippen LogP contribution in [0.2, 0.25) is 5.02 Å². The molecule has 7 aromatic carbocycles. The second kappa shape index (κ2) is 9.76. The molecule has 0 unspecified atom stereocenters. The second-order valence-corrected chi connectivity index (χ2v) is 11.3. The molecule has 0 bridgehead atoms. The maximum Gasteiger partial charge on any atom is 0.314 e. The van der Waals surface area contributed by atoms with E-state index in [9.17, 15) is 9.90 Å². The van der Waals surface area contributed by atoms with Gasteiger partial charge in [0.05, 0.1) is 0 Å². The molecular weight excluding hydrogens is 524 g/mol. The standard InChI is InChI=1S/C38H27ClO2/c1-38(37(40)41,26-18-20-27(39)21-19-26)36(34-22-24-10-2-4-12-28(24)30-14-6-8-16-32(30)34)35-23-25-11-3-5-13-29(25)31-15-7-9-17-33(31)35/h2-23,36H,1H3,(H,40,41)/t38-/m0/s1. The van der Waals surface area contributed by atoms with Gasteiger partial charge in [-0.1, -0.05) is 121 Å². The number of hydrogen-bond donors (Lipinski definition) is 1. The molecule has 0 radical (unpaired) electrons. The van der Waals surface area contributed by atoms with Crippen molar-refractivity contribution in [3.8, 4) is 0 Å². The first-order valence-electron chi connectivity index (χ1n) is 13.8. The van der Waals surface area contributed by atoms with Crippen LogP contribution in [0.25, 0.3) is 43.1 Å². The highest BCUT2D eigenvalue weighted by molar-refractivity contribution is 6.30. The highest BCUT2D eigenvalue weighted by atomic mass is 35.5. The van der Waals surface area contributed by atoms with Crippen LogP contribution in [0.15, 0.2) is 133 Å². The molecule has 7 aromatic rings. The Hall–Kier alpha value is -4.66. The summed E-state index contributed by atoms with van der Waals surface area (Å²) in [5, 5.41) is 20.6. The zero-order chi connectivity index (χ0) is 28.1. The number of carbonyl (C=O) groups is 1. The molecule has 0 saturated carbocycles. The first-order valence-corrected chi connectivity index (χ1v) is 14.1. The lowest BCUT2D eigenvalue weighted by molar-refractivity contribution is -0.143. The van der Waals surface area contributed by atoms with Gasteiger partial charge in [0.1, 0.15) is 5.41 Å². The predicted molar refractivity (Wildman–Crippen MR) is 171 cm³/mol. The third-order valence-electron chi connectivity index (χ3n) is 8.69. The minimum atomic E-state index is -1.32. The maximum atomic E-state index is 13.7. The molecule has 0 aliphatic rings. The Morgan fingerprint density at radius 1 is 0.585 bits per heavy atom. The molecule has 7 rings (SSSR count). The van der Waals surface area contributed by atoms with Crippen molar-refractivity contribution in [3.63, 3.8) is 0 Å². The monoisotopic (exact) mass is 550 g/mol. The Bertz CT molecular complexity index is 1990. The molecule has 0 aromatic heterocycles. The van der Waals surface area contributed by atoms with Crippen LogP contribution >= 0.6 is 11.6 Å². The van der Waals surface area contributed by atoms with Crippen molar-refractivity contribution in [2.75, 3.05) is 0 Å². The lowest BCUT2D eigenvalue weighted by Crippen LogP contribution is -2.39. The van der Waals surface area contributed by atoms with Crippen molar-refractivity contribution in [1.29, 1.82) is 0 Å². The Balaban J connectivity index is 1.68. The van der Waals surface area contributed by atoms with Gasteiger partial charge in [-0.2, -0.15) is 0 Å². The molecule has 3 heteroatoms. The van der Waals surface area contributed by atoms with Gasteiger partial charge in [0.25, 0.3) is 0 Å². The van der Waals surface area contributed by atoms with E-state index in [0.29, 0.717) is 10.6 Å². The Kier molecular flexibility index (Phi) is 6.03. The highest BCUT2D eigenvalue weighted by Crippen LogP contribution is 2.50. The molecule has 1 N–H and O–H groups in total. The summed E-state index contributed by atoms with van der Waals surface area (Å²) in [6, 6.07) is 45.1. The predicted octanol–water partition coefficient (Wildman–Crippen LogP) is 10.1. The van der Waals surface area contributed by atoms with Crippen LogP contribution in [0.3, 0.4) is 0 Å². The molecule has 198 valence electrons. The summed E-state index contributed by atoms with van der Waals surface area (Å²) in [7, 11) is 0. The Morgan fingerprint density at radius 2 is 0.976 bits per heavy atom. The lowest BCUT2D eigenvalue weighted by atomic mass is 9.64. The van der Waals surface area contributed by atoms with Crippen LogP contribution in [-0.4, -0.2) is 11.1 Å². The van der Waals surface area contributed by atoms with Crippen LogP contribution in [0, 0.1) is 0 Å². The summed E-state index contributed by atoms with van der Waals surface area (Å²) in [5.74, 6) is -1.41. The van der Waals surface area contributed by atoms with E-state index in [-0.39, 0.29) is 0 Å². The minimum absolute atomic E-state index is 0.523. The zero-order valence-corrected chi connectivity index (χ0v) is 23.3.